The molecule has 0 atom stereocenters. The normalized spacial score (nSPS) is 14.4. The molecule has 2 heterocycles. The molecule has 0 spiro atoms. The highest BCUT2D eigenvalue weighted by atomic mass is 16.2. The predicted molar refractivity (Wildman–Crippen MR) is 67.1 cm³/mol. The molecule has 92 valence electrons. The first kappa shape index (κ1) is 10.8. The molecular weight excluding hydrogens is 230 g/mol. The Hall–Kier alpha value is -2.37. The van der Waals surface area contributed by atoms with E-state index < -0.39 is 0 Å². The van der Waals surface area contributed by atoms with E-state index in [1.54, 1.807) is 12.3 Å². The van der Waals surface area contributed by atoms with Gasteiger partial charge in [-0.3, -0.25) is 9.78 Å². The van der Waals surface area contributed by atoms with Crippen molar-refractivity contribution in [3.63, 3.8) is 0 Å². The predicted octanol–water partition coefficient (Wildman–Crippen LogP) is 1.45. The maximum atomic E-state index is 12.1. The standard InChI is InChI=1S/C12H13N5O/c13-8-5-10(17(7-8)9-1-2-9)12(18)16-11-6-14-3-4-15-11/h3-7,9H,1-2,13H2,(H,15,16,18). The zero-order valence-electron chi connectivity index (χ0n) is 9.71. The van der Waals surface area contributed by atoms with Gasteiger partial charge in [-0.25, -0.2) is 4.98 Å². The van der Waals surface area contributed by atoms with Gasteiger partial charge in [0.25, 0.3) is 5.91 Å². The fourth-order valence-electron chi connectivity index (χ4n) is 1.88. The van der Waals surface area contributed by atoms with Crippen LogP contribution in [0.25, 0.3) is 0 Å². The number of carbonyl (C=O) groups is 1. The van der Waals surface area contributed by atoms with Gasteiger partial charge in [0.2, 0.25) is 0 Å². The van der Waals surface area contributed by atoms with E-state index in [4.69, 9.17) is 5.73 Å². The molecular formula is C12H13N5O. The average molecular weight is 243 g/mol. The summed E-state index contributed by atoms with van der Waals surface area (Å²) < 4.78 is 1.93. The Labute approximate surface area is 104 Å². The number of nitrogens with zero attached hydrogens (tertiary/aromatic N) is 3. The lowest BCUT2D eigenvalue weighted by Crippen LogP contribution is -2.17. The van der Waals surface area contributed by atoms with Gasteiger partial charge < -0.3 is 15.6 Å². The number of anilines is 2. The molecule has 2 aromatic heterocycles. The van der Waals surface area contributed by atoms with E-state index in [0.717, 1.165) is 12.8 Å². The number of aromatic nitrogens is 3. The van der Waals surface area contributed by atoms with Crippen LogP contribution in [0.15, 0.2) is 30.9 Å². The summed E-state index contributed by atoms with van der Waals surface area (Å²) in [6.07, 6.45) is 8.60. The lowest BCUT2D eigenvalue weighted by Gasteiger charge is -2.07. The third-order valence-electron chi connectivity index (χ3n) is 2.85. The number of nitrogens with two attached hydrogens (primary N) is 1. The minimum Gasteiger partial charge on any atom is -0.397 e. The van der Waals surface area contributed by atoms with Crippen LogP contribution < -0.4 is 11.1 Å². The van der Waals surface area contributed by atoms with Crippen LogP contribution in [0.3, 0.4) is 0 Å². The topological polar surface area (TPSA) is 85.8 Å². The summed E-state index contributed by atoms with van der Waals surface area (Å²) in [6.45, 7) is 0. The second-order valence-electron chi connectivity index (χ2n) is 4.34. The highest BCUT2D eigenvalue weighted by Gasteiger charge is 2.27. The maximum absolute atomic E-state index is 12.1. The molecule has 0 aliphatic heterocycles. The molecule has 6 heteroatoms. The fraction of sp³-hybridized carbons (Fsp3) is 0.250. The van der Waals surface area contributed by atoms with Crippen LogP contribution in [0, 0.1) is 0 Å². The van der Waals surface area contributed by atoms with Gasteiger partial charge in [-0.1, -0.05) is 0 Å². The van der Waals surface area contributed by atoms with Gasteiger partial charge in [0.15, 0.2) is 5.82 Å². The van der Waals surface area contributed by atoms with Gasteiger partial charge in [0.05, 0.1) is 11.9 Å². The molecule has 18 heavy (non-hydrogen) atoms. The smallest absolute Gasteiger partial charge is 0.273 e. The van der Waals surface area contributed by atoms with Crippen molar-refractivity contribution >= 4 is 17.4 Å². The quantitative estimate of drug-likeness (QED) is 0.854. The molecule has 3 rings (SSSR count). The second kappa shape index (κ2) is 4.14. The number of nitrogens with one attached hydrogen (secondary N) is 1. The zero-order chi connectivity index (χ0) is 12.5. The molecule has 1 aliphatic rings. The van der Waals surface area contributed by atoms with Crippen molar-refractivity contribution < 1.29 is 4.79 Å². The molecule has 0 saturated heterocycles. The van der Waals surface area contributed by atoms with Crippen molar-refractivity contribution in [2.75, 3.05) is 11.1 Å². The van der Waals surface area contributed by atoms with E-state index >= 15 is 0 Å². The summed E-state index contributed by atoms with van der Waals surface area (Å²) in [5.41, 5.74) is 6.92. The Morgan fingerprint density at radius 3 is 2.94 bits per heavy atom. The van der Waals surface area contributed by atoms with Crippen LogP contribution in [-0.4, -0.2) is 20.4 Å². The molecule has 1 amide bonds. The van der Waals surface area contributed by atoms with Crippen LogP contribution in [-0.2, 0) is 0 Å². The third kappa shape index (κ3) is 2.04. The van der Waals surface area contributed by atoms with Crippen LogP contribution in [0.2, 0.25) is 0 Å². The fourth-order valence-corrected chi connectivity index (χ4v) is 1.88. The van der Waals surface area contributed by atoms with Crippen molar-refractivity contribution in [1.82, 2.24) is 14.5 Å². The molecule has 2 aromatic rings. The Balaban J connectivity index is 1.84. The summed E-state index contributed by atoms with van der Waals surface area (Å²) in [5, 5.41) is 2.71. The number of amides is 1. The largest absolute Gasteiger partial charge is 0.397 e. The van der Waals surface area contributed by atoms with Gasteiger partial charge in [0.1, 0.15) is 5.69 Å². The average Bonchev–Trinajstić information content (AvgIpc) is 3.13. The lowest BCUT2D eigenvalue weighted by molar-refractivity contribution is 0.101. The van der Waals surface area contributed by atoms with Crippen LogP contribution in [0.1, 0.15) is 29.4 Å². The number of hydrogen-bond donors (Lipinski definition) is 2. The summed E-state index contributed by atoms with van der Waals surface area (Å²) in [5.74, 6) is 0.226. The van der Waals surface area contributed by atoms with Gasteiger partial charge >= 0.3 is 0 Å². The van der Waals surface area contributed by atoms with E-state index in [9.17, 15) is 4.79 Å². The third-order valence-corrected chi connectivity index (χ3v) is 2.85. The van der Waals surface area contributed by atoms with Crippen molar-refractivity contribution in [2.45, 2.75) is 18.9 Å². The van der Waals surface area contributed by atoms with Gasteiger partial charge in [-0.2, -0.15) is 0 Å². The number of nitrogen functional groups attached to an aromatic ring is 1. The van der Waals surface area contributed by atoms with E-state index in [2.05, 4.69) is 15.3 Å². The first-order valence-electron chi connectivity index (χ1n) is 5.79. The Kier molecular flexibility index (Phi) is 2.47. The van der Waals surface area contributed by atoms with Gasteiger partial charge in [-0.05, 0) is 18.9 Å². The summed E-state index contributed by atoms with van der Waals surface area (Å²) in [6, 6.07) is 2.09. The van der Waals surface area contributed by atoms with Crippen LogP contribution in [0.4, 0.5) is 11.5 Å². The number of carbonyl (C=O) groups excluding carboxylic acids is 1. The molecule has 1 saturated carbocycles. The molecule has 0 aromatic carbocycles. The lowest BCUT2D eigenvalue weighted by atomic mass is 10.3. The summed E-state index contributed by atoms with van der Waals surface area (Å²) in [4.78, 5) is 20.0. The number of hydrogen-bond acceptors (Lipinski definition) is 4. The molecule has 0 unspecified atom stereocenters. The highest BCUT2D eigenvalue weighted by molar-refractivity contribution is 6.03. The Morgan fingerprint density at radius 1 is 1.44 bits per heavy atom. The maximum Gasteiger partial charge on any atom is 0.273 e. The van der Waals surface area contributed by atoms with E-state index in [-0.39, 0.29) is 5.91 Å². The Morgan fingerprint density at radius 2 is 2.28 bits per heavy atom. The minimum absolute atomic E-state index is 0.209. The number of rotatable bonds is 3. The van der Waals surface area contributed by atoms with E-state index in [1.165, 1.54) is 12.4 Å². The summed E-state index contributed by atoms with van der Waals surface area (Å²) >= 11 is 0. The van der Waals surface area contributed by atoms with Gasteiger partial charge in [0, 0.05) is 24.6 Å². The molecule has 6 nitrogen and oxygen atoms in total. The first-order valence-corrected chi connectivity index (χ1v) is 5.79. The zero-order valence-corrected chi connectivity index (χ0v) is 9.71. The van der Waals surface area contributed by atoms with Crippen molar-refractivity contribution in [2.24, 2.45) is 0 Å². The molecule has 1 fully saturated rings. The van der Waals surface area contributed by atoms with E-state index in [1.807, 2.05) is 10.8 Å². The van der Waals surface area contributed by atoms with Crippen molar-refractivity contribution in [3.05, 3.63) is 36.5 Å². The highest BCUT2D eigenvalue weighted by Crippen LogP contribution is 2.37. The molecule has 1 aliphatic carbocycles. The van der Waals surface area contributed by atoms with Crippen LogP contribution in [0.5, 0.6) is 0 Å². The molecule has 3 N–H and O–H groups in total. The molecule has 0 bridgehead atoms. The first-order chi connectivity index (χ1) is 8.74. The second-order valence-corrected chi connectivity index (χ2v) is 4.34. The van der Waals surface area contributed by atoms with Gasteiger partial charge in [-0.15, -0.1) is 0 Å². The van der Waals surface area contributed by atoms with Crippen molar-refractivity contribution in [3.8, 4) is 0 Å². The SMILES string of the molecule is Nc1cc(C(=O)Nc2cnccn2)n(C2CC2)c1. The monoisotopic (exact) mass is 243 g/mol. The van der Waals surface area contributed by atoms with Crippen LogP contribution >= 0.6 is 0 Å². The summed E-state index contributed by atoms with van der Waals surface area (Å²) in [7, 11) is 0. The van der Waals surface area contributed by atoms with Crippen molar-refractivity contribution in [1.29, 1.82) is 0 Å². The van der Waals surface area contributed by atoms with E-state index in [0.29, 0.717) is 23.2 Å². The molecule has 0 radical (unpaired) electrons. The Bertz CT molecular complexity index is 573. The minimum atomic E-state index is -0.209.